The standard InChI is InChI=1S/C21H24N4O3/c1-14(26)24-12-15-5-2-6-16(11-15)18-8-3-9-23-19(18)21(28)25-10-4-7-17(13-25)20(22)27/h2-3,5-6,8-9,11,17H,4,7,10,12-13H2,1H3,(H2,22,27)(H,24,26)/t17-/m0/s1. The van der Waals surface area contributed by atoms with Gasteiger partial charge in [-0.1, -0.05) is 24.3 Å². The predicted octanol–water partition coefficient (Wildman–Crippen LogP) is 1.72. The molecule has 3 amide bonds. The molecule has 0 saturated carbocycles. The molecule has 1 aliphatic heterocycles. The van der Waals surface area contributed by atoms with E-state index in [0.717, 1.165) is 23.1 Å². The number of likely N-dealkylation sites (tertiary alicyclic amines) is 1. The van der Waals surface area contributed by atoms with Gasteiger partial charge in [0.15, 0.2) is 0 Å². The SMILES string of the molecule is CC(=O)NCc1cccc(-c2cccnc2C(=O)N2CCC[C@H](C(N)=O)C2)c1. The van der Waals surface area contributed by atoms with E-state index in [1.54, 1.807) is 17.2 Å². The number of benzene rings is 1. The largest absolute Gasteiger partial charge is 0.369 e. The first-order chi connectivity index (χ1) is 13.5. The topological polar surface area (TPSA) is 105 Å². The Morgan fingerprint density at radius 1 is 1.25 bits per heavy atom. The number of aromatic nitrogens is 1. The van der Waals surface area contributed by atoms with Crippen LogP contribution < -0.4 is 11.1 Å². The van der Waals surface area contributed by atoms with Gasteiger partial charge in [0.25, 0.3) is 5.91 Å². The molecule has 0 unspecified atom stereocenters. The molecule has 7 nitrogen and oxygen atoms in total. The minimum atomic E-state index is -0.371. The molecule has 1 aromatic heterocycles. The second-order valence-corrected chi connectivity index (χ2v) is 7.00. The van der Waals surface area contributed by atoms with Crippen molar-refractivity contribution in [2.45, 2.75) is 26.3 Å². The fourth-order valence-corrected chi connectivity index (χ4v) is 3.43. The maximum atomic E-state index is 13.1. The molecule has 0 aliphatic carbocycles. The van der Waals surface area contributed by atoms with E-state index in [-0.39, 0.29) is 23.6 Å². The van der Waals surface area contributed by atoms with Crippen LogP contribution in [0, 0.1) is 5.92 Å². The highest BCUT2D eigenvalue weighted by Crippen LogP contribution is 2.26. The first kappa shape index (κ1) is 19.5. The van der Waals surface area contributed by atoms with Crippen LogP contribution in [0.15, 0.2) is 42.6 Å². The quantitative estimate of drug-likeness (QED) is 0.824. The van der Waals surface area contributed by atoms with Gasteiger partial charge in [-0.15, -0.1) is 0 Å². The number of primary amides is 1. The molecule has 3 N–H and O–H groups in total. The number of nitrogens with one attached hydrogen (secondary N) is 1. The first-order valence-corrected chi connectivity index (χ1v) is 9.33. The third-order valence-electron chi connectivity index (χ3n) is 4.90. The summed E-state index contributed by atoms with van der Waals surface area (Å²) in [5.41, 5.74) is 8.29. The molecule has 28 heavy (non-hydrogen) atoms. The molecule has 1 atom stereocenters. The summed E-state index contributed by atoms with van der Waals surface area (Å²) in [6.45, 7) is 2.80. The van der Waals surface area contributed by atoms with Crippen molar-refractivity contribution < 1.29 is 14.4 Å². The van der Waals surface area contributed by atoms with E-state index in [4.69, 9.17) is 5.73 Å². The van der Waals surface area contributed by atoms with E-state index in [9.17, 15) is 14.4 Å². The molecule has 2 heterocycles. The van der Waals surface area contributed by atoms with Crippen LogP contribution in [0.25, 0.3) is 11.1 Å². The maximum absolute atomic E-state index is 13.1. The lowest BCUT2D eigenvalue weighted by Gasteiger charge is -2.31. The molecular weight excluding hydrogens is 356 g/mol. The molecule has 1 aromatic carbocycles. The van der Waals surface area contributed by atoms with Crippen LogP contribution in [0.3, 0.4) is 0 Å². The van der Waals surface area contributed by atoms with Gasteiger partial charge >= 0.3 is 0 Å². The normalized spacial score (nSPS) is 16.5. The summed E-state index contributed by atoms with van der Waals surface area (Å²) in [6.07, 6.45) is 3.04. The minimum Gasteiger partial charge on any atom is -0.369 e. The van der Waals surface area contributed by atoms with Crippen LogP contribution in [-0.2, 0) is 16.1 Å². The average Bonchev–Trinajstić information content (AvgIpc) is 2.72. The molecule has 146 valence electrons. The average molecular weight is 380 g/mol. The van der Waals surface area contributed by atoms with Gasteiger partial charge in [0.05, 0.1) is 5.92 Å². The molecule has 3 rings (SSSR count). The fourth-order valence-electron chi connectivity index (χ4n) is 3.43. The molecule has 7 heteroatoms. The van der Waals surface area contributed by atoms with E-state index < -0.39 is 0 Å². The number of hydrogen-bond donors (Lipinski definition) is 2. The van der Waals surface area contributed by atoms with Crippen molar-refractivity contribution >= 4 is 17.7 Å². The maximum Gasteiger partial charge on any atom is 0.273 e. The fraction of sp³-hybridized carbons (Fsp3) is 0.333. The molecule has 1 saturated heterocycles. The summed E-state index contributed by atoms with van der Waals surface area (Å²) in [6, 6.07) is 11.3. The van der Waals surface area contributed by atoms with Crippen LogP contribution in [0.5, 0.6) is 0 Å². The van der Waals surface area contributed by atoms with Gasteiger partial charge in [-0.25, -0.2) is 0 Å². The van der Waals surface area contributed by atoms with E-state index >= 15 is 0 Å². The second kappa shape index (κ2) is 8.65. The molecule has 1 aliphatic rings. The highest BCUT2D eigenvalue weighted by atomic mass is 16.2. The Kier molecular flexibility index (Phi) is 6.03. The third kappa shape index (κ3) is 4.54. The Bertz CT molecular complexity index is 897. The Morgan fingerprint density at radius 2 is 2.07 bits per heavy atom. The van der Waals surface area contributed by atoms with Crippen molar-refractivity contribution in [1.82, 2.24) is 15.2 Å². The van der Waals surface area contributed by atoms with Crippen molar-refractivity contribution in [2.24, 2.45) is 11.7 Å². The Hall–Kier alpha value is -3.22. The first-order valence-electron chi connectivity index (χ1n) is 9.33. The second-order valence-electron chi connectivity index (χ2n) is 7.00. The number of piperidine rings is 1. The van der Waals surface area contributed by atoms with Gasteiger partial charge < -0.3 is 16.0 Å². The number of carbonyl (C=O) groups is 3. The van der Waals surface area contributed by atoms with Gasteiger partial charge in [0.2, 0.25) is 11.8 Å². The summed E-state index contributed by atoms with van der Waals surface area (Å²) in [5, 5.41) is 2.77. The highest BCUT2D eigenvalue weighted by Gasteiger charge is 2.29. The van der Waals surface area contributed by atoms with E-state index in [1.807, 2.05) is 30.3 Å². The summed E-state index contributed by atoms with van der Waals surface area (Å²) >= 11 is 0. The number of carbonyl (C=O) groups excluding carboxylic acids is 3. The van der Waals surface area contributed by atoms with Gasteiger partial charge in [-0.3, -0.25) is 19.4 Å². The molecule has 1 fully saturated rings. The number of nitrogens with zero attached hydrogens (tertiary/aromatic N) is 2. The van der Waals surface area contributed by atoms with Crippen molar-refractivity contribution in [3.05, 3.63) is 53.9 Å². The van der Waals surface area contributed by atoms with Gasteiger partial charge in [-0.05, 0) is 36.1 Å². The highest BCUT2D eigenvalue weighted by molar-refractivity contribution is 5.99. The van der Waals surface area contributed by atoms with Crippen LogP contribution in [0.1, 0.15) is 35.8 Å². The summed E-state index contributed by atoms with van der Waals surface area (Å²) in [7, 11) is 0. The smallest absolute Gasteiger partial charge is 0.273 e. The van der Waals surface area contributed by atoms with E-state index in [0.29, 0.717) is 31.7 Å². The lowest BCUT2D eigenvalue weighted by atomic mass is 9.96. The van der Waals surface area contributed by atoms with Crippen LogP contribution in [-0.4, -0.2) is 40.7 Å². The minimum absolute atomic E-state index is 0.100. The zero-order chi connectivity index (χ0) is 20.1. The van der Waals surface area contributed by atoms with Crippen molar-refractivity contribution in [2.75, 3.05) is 13.1 Å². The Labute approximate surface area is 163 Å². The van der Waals surface area contributed by atoms with E-state index in [1.165, 1.54) is 6.92 Å². The van der Waals surface area contributed by atoms with Gasteiger partial charge in [-0.2, -0.15) is 0 Å². The monoisotopic (exact) mass is 380 g/mol. The number of pyridine rings is 1. The summed E-state index contributed by atoms with van der Waals surface area (Å²) < 4.78 is 0. The van der Waals surface area contributed by atoms with Crippen molar-refractivity contribution in [3.63, 3.8) is 0 Å². The van der Waals surface area contributed by atoms with Gasteiger partial charge in [0, 0.05) is 38.3 Å². The van der Waals surface area contributed by atoms with E-state index in [2.05, 4.69) is 10.3 Å². The summed E-state index contributed by atoms with van der Waals surface area (Å²) in [5.74, 6) is -0.985. The number of hydrogen-bond acceptors (Lipinski definition) is 4. The predicted molar refractivity (Wildman–Crippen MR) is 105 cm³/mol. The van der Waals surface area contributed by atoms with Gasteiger partial charge in [0.1, 0.15) is 5.69 Å². The molecule has 2 aromatic rings. The zero-order valence-electron chi connectivity index (χ0n) is 15.9. The van der Waals surface area contributed by atoms with Crippen LogP contribution in [0.2, 0.25) is 0 Å². The third-order valence-corrected chi connectivity index (χ3v) is 4.90. The number of amides is 3. The lowest BCUT2D eigenvalue weighted by molar-refractivity contribution is -0.123. The van der Waals surface area contributed by atoms with Crippen LogP contribution in [0.4, 0.5) is 0 Å². The number of rotatable bonds is 5. The molecule has 0 spiro atoms. The Morgan fingerprint density at radius 3 is 2.82 bits per heavy atom. The molecular formula is C21H24N4O3. The molecule has 0 radical (unpaired) electrons. The summed E-state index contributed by atoms with van der Waals surface area (Å²) in [4.78, 5) is 41.8. The molecule has 0 bridgehead atoms. The van der Waals surface area contributed by atoms with Crippen molar-refractivity contribution in [1.29, 1.82) is 0 Å². The van der Waals surface area contributed by atoms with Crippen molar-refractivity contribution in [3.8, 4) is 11.1 Å². The lowest BCUT2D eigenvalue weighted by Crippen LogP contribution is -2.44. The zero-order valence-corrected chi connectivity index (χ0v) is 15.9. The number of nitrogens with two attached hydrogens (primary N) is 1. The van der Waals surface area contributed by atoms with Crippen LogP contribution >= 0.6 is 0 Å². The Balaban J connectivity index is 1.87.